The minimum absolute atomic E-state index is 0.0441. The molecule has 3 aromatic carbocycles. The molecule has 0 N–H and O–H groups in total. The Morgan fingerprint density at radius 3 is 2.64 bits per heavy atom. The summed E-state index contributed by atoms with van der Waals surface area (Å²) in [5, 5.41) is 8.76. The van der Waals surface area contributed by atoms with Crippen molar-refractivity contribution >= 4 is 22.9 Å². The molecule has 7 heteroatoms. The van der Waals surface area contributed by atoms with E-state index in [-0.39, 0.29) is 36.3 Å². The third-order valence-corrected chi connectivity index (χ3v) is 8.48. The molecule has 3 unspecified atom stereocenters. The zero-order valence-electron chi connectivity index (χ0n) is 22.8. The average Bonchev–Trinajstić information content (AvgIpc) is 3.52. The fourth-order valence-corrected chi connectivity index (χ4v) is 6.59. The predicted octanol–water partition coefficient (Wildman–Crippen LogP) is 5.75. The van der Waals surface area contributed by atoms with Crippen molar-refractivity contribution in [1.29, 1.82) is 0 Å². The van der Waals surface area contributed by atoms with Gasteiger partial charge in [0.2, 0.25) is 0 Å². The molecule has 0 aliphatic carbocycles. The van der Waals surface area contributed by atoms with Crippen LogP contribution >= 0.6 is 0 Å². The van der Waals surface area contributed by atoms with E-state index >= 15 is 0 Å². The lowest BCUT2D eigenvalue weighted by molar-refractivity contribution is -0.143. The van der Waals surface area contributed by atoms with Gasteiger partial charge in [0.15, 0.2) is 0 Å². The summed E-state index contributed by atoms with van der Waals surface area (Å²) in [6.45, 7) is 7.03. The molecule has 2 aliphatic rings. The largest absolute Gasteiger partial charge is 0.466 e. The summed E-state index contributed by atoms with van der Waals surface area (Å²) >= 11 is 0. The molecule has 0 saturated carbocycles. The van der Waals surface area contributed by atoms with Crippen LogP contribution in [-0.2, 0) is 22.5 Å². The van der Waals surface area contributed by atoms with E-state index in [9.17, 15) is 9.59 Å². The first kappa shape index (κ1) is 25.3. The van der Waals surface area contributed by atoms with Crippen LogP contribution in [0.15, 0.2) is 60.7 Å². The van der Waals surface area contributed by atoms with Crippen molar-refractivity contribution in [1.82, 2.24) is 19.9 Å². The summed E-state index contributed by atoms with van der Waals surface area (Å²) in [6, 6.07) is 20.6. The molecule has 1 saturated heterocycles. The Labute approximate surface area is 228 Å². The van der Waals surface area contributed by atoms with E-state index in [1.807, 2.05) is 48.9 Å². The molecule has 1 fully saturated rings. The summed E-state index contributed by atoms with van der Waals surface area (Å²) in [6.07, 6.45) is 3.05. The minimum Gasteiger partial charge on any atom is -0.466 e. The van der Waals surface area contributed by atoms with Crippen molar-refractivity contribution in [3.05, 3.63) is 94.0 Å². The van der Waals surface area contributed by atoms with E-state index in [1.54, 1.807) is 0 Å². The molecule has 2 aliphatic heterocycles. The predicted molar refractivity (Wildman–Crippen MR) is 150 cm³/mol. The lowest BCUT2D eigenvalue weighted by Crippen LogP contribution is -2.41. The first-order valence-electron chi connectivity index (χ1n) is 14.0. The van der Waals surface area contributed by atoms with Crippen molar-refractivity contribution < 1.29 is 14.3 Å². The van der Waals surface area contributed by atoms with Gasteiger partial charge in [-0.2, -0.15) is 0 Å². The first-order valence-corrected chi connectivity index (χ1v) is 14.0. The molecular formula is C32H34N4O3. The van der Waals surface area contributed by atoms with E-state index in [4.69, 9.17) is 4.74 Å². The number of ether oxygens (including phenoxy) is 1. The van der Waals surface area contributed by atoms with Gasteiger partial charge < -0.3 is 9.64 Å². The second kappa shape index (κ2) is 10.3. The minimum atomic E-state index is -0.223. The Hall–Kier alpha value is -4.00. The number of rotatable bonds is 7. The molecule has 7 nitrogen and oxygen atoms in total. The standard InChI is InChI=1S/C32H34N4O3/c1-4-35-29-16-14-25(20(3)31(29)33-34-35)26(19-30(37)39-5-2)23-12-11-22-17-24-13-15-28(27(22)18-23)36(24)32(38)21-9-7-6-8-10-21/h6-12,14,16,18,24,26,28H,4-5,13,15,17,19H2,1-3H3. The van der Waals surface area contributed by atoms with Gasteiger partial charge in [0.25, 0.3) is 5.91 Å². The van der Waals surface area contributed by atoms with E-state index in [0.717, 1.165) is 59.1 Å². The van der Waals surface area contributed by atoms with Crippen LogP contribution in [0.2, 0.25) is 0 Å². The molecule has 1 amide bonds. The second-order valence-corrected chi connectivity index (χ2v) is 10.6. The van der Waals surface area contributed by atoms with Crippen LogP contribution in [-0.4, -0.2) is 44.4 Å². The molecule has 39 heavy (non-hydrogen) atoms. The molecule has 4 aromatic rings. The number of nitrogens with zero attached hydrogens (tertiary/aromatic N) is 4. The van der Waals surface area contributed by atoms with Gasteiger partial charge in [-0.25, -0.2) is 4.68 Å². The zero-order valence-corrected chi connectivity index (χ0v) is 22.8. The Balaban J connectivity index is 1.41. The van der Waals surface area contributed by atoms with Crippen LogP contribution in [0.1, 0.15) is 83.2 Å². The number of carbonyl (C=O) groups is 2. The van der Waals surface area contributed by atoms with Crippen molar-refractivity contribution in [2.45, 2.75) is 71.0 Å². The van der Waals surface area contributed by atoms with E-state index in [2.05, 4.69) is 52.5 Å². The molecule has 3 atom stereocenters. The van der Waals surface area contributed by atoms with Crippen molar-refractivity contribution in [2.75, 3.05) is 6.61 Å². The van der Waals surface area contributed by atoms with E-state index in [0.29, 0.717) is 6.61 Å². The van der Waals surface area contributed by atoms with Crippen LogP contribution in [0.4, 0.5) is 0 Å². The number of benzene rings is 3. The number of hydrogen-bond donors (Lipinski definition) is 0. The van der Waals surface area contributed by atoms with Gasteiger partial charge in [-0.1, -0.05) is 47.7 Å². The summed E-state index contributed by atoms with van der Waals surface area (Å²) in [4.78, 5) is 28.5. The molecular weight excluding hydrogens is 488 g/mol. The third-order valence-electron chi connectivity index (χ3n) is 8.48. The Morgan fingerprint density at radius 1 is 1.05 bits per heavy atom. The fourth-order valence-electron chi connectivity index (χ4n) is 6.59. The van der Waals surface area contributed by atoms with Crippen molar-refractivity contribution in [2.24, 2.45) is 0 Å². The van der Waals surface area contributed by atoms with Crippen LogP contribution in [0.25, 0.3) is 11.0 Å². The van der Waals surface area contributed by atoms with Crippen LogP contribution in [0.3, 0.4) is 0 Å². The first-order chi connectivity index (χ1) is 19.0. The maximum atomic E-state index is 13.6. The van der Waals surface area contributed by atoms with Gasteiger partial charge in [0, 0.05) is 24.1 Å². The number of esters is 1. The number of carbonyl (C=O) groups excluding carboxylic acids is 2. The summed E-state index contributed by atoms with van der Waals surface area (Å²) in [5.74, 6) is -0.316. The van der Waals surface area contributed by atoms with E-state index in [1.165, 1.54) is 11.1 Å². The summed E-state index contributed by atoms with van der Waals surface area (Å²) in [5.41, 5.74) is 8.23. The van der Waals surface area contributed by atoms with Gasteiger partial charge in [-0.05, 0) is 86.1 Å². The lowest BCUT2D eigenvalue weighted by Gasteiger charge is -2.37. The highest BCUT2D eigenvalue weighted by Crippen LogP contribution is 2.46. The summed E-state index contributed by atoms with van der Waals surface area (Å²) < 4.78 is 7.29. The molecule has 6 rings (SSSR count). The Bertz CT molecular complexity index is 1540. The zero-order chi connectivity index (χ0) is 27.1. The Kier molecular flexibility index (Phi) is 6.67. The maximum absolute atomic E-state index is 13.6. The highest BCUT2D eigenvalue weighted by atomic mass is 16.5. The molecule has 2 bridgehead atoms. The number of amides is 1. The topological polar surface area (TPSA) is 77.3 Å². The third kappa shape index (κ3) is 4.40. The molecule has 1 aromatic heterocycles. The fraction of sp³-hybridized carbons (Fsp3) is 0.375. The normalized spacial score (nSPS) is 18.7. The highest BCUT2D eigenvalue weighted by molar-refractivity contribution is 5.95. The maximum Gasteiger partial charge on any atom is 0.306 e. The molecule has 0 radical (unpaired) electrons. The number of hydrogen-bond acceptors (Lipinski definition) is 5. The van der Waals surface area contributed by atoms with Gasteiger partial charge in [-0.3, -0.25) is 9.59 Å². The highest BCUT2D eigenvalue weighted by Gasteiger charge is 2.43. The number of fused-ring (bicyclic) bond motifs is 5. The van der Waals surface area contributed by atoms with Crippen LogP contribution in [0, 0.1) is 6.92 Å². The monoisotopic (exact) mass is 522 g/mol. The van der Waals surface area contributed by atoms with Gasteiger partial charge in [-0.15, -0.1) is 5.10 Å². The van der Waals surface area contributed by atoms with E-state index < -0.39 is 0 Å². The van der Waals surface area contributed by atoms with Crippen LogP contribution in [0.5, 0.6) is 0 Å². The molecule has 0 spiro atoms. The molecule has 200 valence electrons. The van der Waals surface area contributed by atoms with Crippen molar-refractivity contribution in [3.63, 3.8) is 0 Å². The van der Waals surface area contributed by atoms with Gasteiger partial charge in [0.1, 0.15) is 5.52 Å². The number of aryl methyl sites for hydroxylation is 2. The smallest absolute Gasteiger partial charge is 0.306 e. The second-order valence-electron chi connectivity index (χ2n) is 10.6. The van der Waals surface area contributed by atoms with Crippen LogP contribution < -0.4 is 0 Å². The molecule has 3 heterocycles. The Morgan fingerprint density at radius 2 is 1.87 bits per heavy atom. The SMILES string of the molecule is CCOC(=O)CC(c1ccc2c(c1)C1CCC(C2)N1C(=O)c1ccccc1)c1ccc2c(nnn2CC)c1C. The van der Waals surface area contributed by atoms with Gasteiger partial charge >= 0.3 is 5.97 Å². The average molecular weight is 523 g/mol. The number of aromatic nitrogens is 3. The summed E-state index contributed by atoms with van der Waals surface area (Å²) in [7, 11) is 0. The van der Waals surface area contributed by atoms with Gasteiger partial charge in [0.05, 0.1) is 24.6 Å². The van der Waals surface area contributed by atoms with Crippen molar-refractivity contribution in [3.8, 4) is 0 Å². The lowest BCUT2D eigenvalue weighted by atomic mass is 9.82. The quantitative estimate of drug-likeness (QED) is 0.289.